The van der Waals surface area contributed by atoms with Crippen LogP contribution < -0.4 is 0 Å². The Morgan fingerprint density at radius 3 is 2.65 bits per heavy atom. The van der Waals surface area contributed by atoms with E-state index in [1.807, 2.05) is 0 Å². The number of amides is 1. The molecule has 1 atom stereocenters. The van der Waals surface area contributed by atoms with Crippen molar-refractivity contribution in [3.8, 4) is 0 Å². The highest BCUT2D eigenvalue weighted by atomic mass is 19.2. The lowest BCUT2D eigenvalue weighted by Crippen LogP contribution is -2.45. The van der Waals surface area contributed by atoms with Crippen molar-refractivity contribution in [3.63, 3.8) is 0 Å². The molecule has 1 aliphatic heterocycles. The largest absolute Gasteiger partial charge is 0.481 e. The lowest BCUT2D eigenvalue weighted by Gasteiger charge is -2.29. The zero-order valence-electron chi connectivity index (χ0n) is 12.3. The van der Waals surface area contributed by atoms with E-state index in [2.05, 4.69) is 0 Å². The Hall–Kier alpha value is -2.06. The maximum absolute atomic E-state index is 13.3. The first-order valence-corrected chi connectivity index (χ1v) is 7.11. The lowest BCUT2D eigenvalue weighted by atomic mass is 10.1. The zero-order chi connectivity index (χ0) is 16.8. The maximum atomic E-state index is 13.3. The van der Waals surface area contributed by atoms with E-state index >= 15 is 0 Å². The number of nitrogens with zero attached hydrogens (tertiary/aromatic N) is 1. The molecule has 1 N–H and O–H groups in total. The van der Waals surface area contributed by atoms with Gasteiger partial charge in [0, 0.05) is 13.1 Å². The predicted molar refractivity (Wildman–Crippen MR) is 74.6 cm³/mol. The minimum atomic E-state index is -1.06. The summed E-state index contributed by atoms with van der Waals surface area (Å²) in [5.41, 5.74) is 0.361. The third-order valence-electron chi connectivity index (χ3n) is 3.36. The Kier molecular flexibility index (Phi) is 6.00. The van der Waals surface area contributed by atoms with Crippen molar-refractivity contribution in [2.75, 3.05) is 26.4 Å². The summed E-state index contributed by atoms with van der Waals surface area (Å²) in [4.78, 5) is 24.4. The molecule has 1 aromatic carbocycles. The van der Waals surface area contributed by atoms with Gasteiger partial charge in [-0.05, 0) is 17.7 Å². The van der Waals surface area contributed by atoms with Crippen LogP contribution in [-0.2, 0) is 25.6 Å². The van der Waals surface area contributed by atoms with Gasteiger partial charge in [-0.3, -0.25) is 9.59 Å². The molecule has 1 saturated heterocycles. The summed E-state index contributed by atoms with van der Waals surface area (Å²) in [5.74, 6) is -3.50. The Labute approximate surface area is 131 Å². The van der Waals surface area contributed by atoms with Crippen LogP contribution in [0.1, 0.15) is 12.0 Å². The minimum absolute atomic E-state index is 0.0385. The summed E-state index contributed by atoms with van der Waals surface area (Å²) in [6.45, 7) is 0.646. The standard InChI is InChI=1S/C15H17F2NO5/c16-11-2-1-10(7-12(11)17)8-18(4-3-14(19)20)15(21)13-9-22-5-6-23-13/h1-2,7,13H,3-6,8-9H2,(H,19,20)/t13-/m1/s1. The number of halogens is 2. The fourth-order valence-electron chi connectivity index (χ4n) is 2.19. The molecule has 1 aliphatic rings. The quantitative estimate of drug-likeness (QED) is 0.848. The molecule has 0 radical (unpaired) electrons. The average molecular weight is 329 g/mol. The number of hydrogen-bond donors (Lipinski definition) is 1. The Morgan fingerprint density at radius 1 is 1.26 bits per heavy atom. The third kappa shape index (κ3) is 4.97. The number of hydrogen-bond acceptors (Lipinski definition) is 4. The summed E-state index contributed by atoms with van der Waals surface area (Å²) >= 11 is 0. The first kappa shape index (κ1) is 17.3. The van der Waals surface area contributed by atoms with Crippen molar-refractivity contribution < 1.29 is 33.0 Å². The molecule has 6 nitrogen and oxygen atoms in total. The molecule has 1 aromatic rings. The van der Waals surface area contributed by atoms with Crippen LogP contribution in [0.4, 0.5) is 8.78 Å². The fraction of sp³-hybridized carbons (Fsp3) is 0.467. The zero-order valence-corrected chi connectivity index (χ0v) is 12.3. The molecule has 1 amide bonds. The molecule has 23 heavy (non-hydrogen) atoms. The van der Waals surface area contributed by atoms with E-state index in [1.54, 1.807) is 0 Å². The molecular formula is C15H17F2NO5. The molecule has 0 unspecified atom stereocenters. The van der Waals surface area contributed by atoms with Crippen LogP contribution in [0.3, 0.4) is 0 Å². The van der Waals surface area contributed by atoms with Gasteiger partial charge in [0.25, 0.3) is 5.91 Å². The van der Waals surface area contributed by atoms with Crippen LogP contribution in [-0.4, -0.2) is 54.4 Å². The van der Waals surface area contributed by atoms with Crippen molar-refractivity contribution in [3.05, 3.63) is 35.4 Å². The van der Waals surface area contributed by atoms with E-state index in [0.717, 1.165) is 12.1 Å². The number of carboxylic acid groups (broad SMARTS) is 1. The van der Waals surface area contributed by atoms with Crippen LogP contribution in [0.5, 0.6) is 0 Å². The van der Waals surface area contributed by atoms with E-state index in [9.17, 15) is 18.4 Å². The second-order valence-electron chi connectivity index (χ2n) is 5.09. The van der Waals surface area contributed by atoms with Crippen molar-refractivity contribution >= 4 is 11.9 Å². The van der Waals surface area contributed by atoms with Crippen LogP contribution >= 0.6 is 0 Å². The predicted octanol–water partition coefficient (Wildman–Crippen LogP) is 1.18. The molecule has 2 rings (SSSR count). The molecular weight excluding hydrogens is 312 g/mol. The molecule has 0 saturated carbocycles. The Bertz CT molecular complexity index is 575. The van der Waals surface area contributed by atoms with Gasteiger partial charge >= 0.3 is 5.97 Å². The van der Waals surface area contributed by atoms with Gasteiger partial charge in [0.05, 0.1) is 26.2 Å². The summed E-state index contributed by atoms with van der Waals surface area (Å²) in [6, 6.07) is 3.29. The second-order valence-corrected chi connectivity index (χ2v) is 5.09. The van der Waals surface area contributed by atoms with Gasteiger partial charge in [0.1, 0.15) is 0 Å². The van der Waals surface area contributed by atoms with Crippen LogP contribution in [0, 0.1) is 11.6 Å². The molecule has 126 valence electrons. The molecule has 0 spiro atoms. The Morgan fingerprint density at radius 2 is 2.04 bits per heavy atom. The third-order valence-corrected chi connectivity index (χ3v) is 3.36. The highest BCUT2D eigenvalue weighted by Crippen LogP contribution is 2.14. The number of carbonyl (C=O) groups is 2. The number of rotatable bonds is 6. The van der Waals surface area contributed by atoms with Crippen LogP contribution in [0.25, 0.3) is 0 Å². The minimum Gasteiger partial charge on any atom is -0.481 e. The highest BCUT2D eigenvalue weighted by Gasteiger charge is 2.28. The number of ether oxygens (including phenoxy) is 2. The molecule has 0 aromatic heterocycles. The number of aliphatic carboxylic acids is 1. The molecule has 0 aliphatic carbocycles. The monoisotopic (exact) mass is 329 g/mol. The van der Waals surface area contributed by atoms with Gasteiger partial charge < -0.3 is 19.5 Å². The number of carbonyl (C=O) groups excluding carboxylic acids is 1. The molecule has 1 fully saturated rings. The van der Waals surface area contributed by atoms with Crippen LogP contribution in [0.15, 0.2) is 18.2 Å². The van der Waals surface area contributed by atoms with Crippen molar-refractivity contribution in [1.82, 2.24) is 4.90 Å². The first-order chi connectivity index (χ1) is 11.0. The second kappa shape index (κ2) is 7.98. The normalized spacial score (nSPS) is 17.7. The number of benzene rings is 1. The van der Waals surface area contributed by atoms with E-state index in [-0.39, 0.29) is 32.7 Å². The van der Waals surface area contributed by atoms with Crippen molar-refractivity contribution in [1.29, 1.82) is 0 Å². The number of carboxylic acids is 1. The van der Waals surface area contributed by atoms with E-state index in [4.69, 9.17) is 14.6 Å². The lowest BCUT2D eigenvalue weighted by molar-refractivity contribution is -0.159. The van der Waals surface area contributed by atoms with E-state index in [0.29, 0.717) is 12.2 Å². The first-order valence-electron chi connectivity index (χ1n) is 7.11. The van der Waals surface area contributed by atoms with Crippen molar-refractivity contribution in [2.45, 2.75) is 19.1 Å². The smallest absolute Gasteiger partial charge is 0.305 e. The summed E-state index contributed by atoms with van der Waals surface area (Å²) in [6.07, 6.45) is -1.08. The van der Waals surface area contributed by atoms with Gasteiger partial charge in [-0.1, -0.05) is 6.07 Å². The van der Waals surface area contributed by atoms with Crippen molar-refractivity contribution in [2.24, 2.45) is 0 Å². The van der Waals surface area contributed by atoms with Gasteiger partial charge in [0.15, 0.2) is 17.7 Å². The summed E-state index contributed by atoms with van der Waals surface area (Å²) in [5, 5.41) is 8.80. The van der Waals surface area contributed by atoms with Gasteiger partial charge in [-0.2, -0.15) is 0 Å². The topological polar surface area (TPSA) is 76.1 Å². The SMILES string of the molecule is O=C(O)CCN(Cc1ccc(F)c(F)c1)C(=O)[C@H]1COCCO1. The highest BCUT2D eigenvalue weighted by molar-refractivity contribution is 5.81. The van der Waals surface area contributed by atoms with E-state index < -0.39 is 29.6 Å². The summed E-state index contributed by atoms with van der Waals surface area (Å²) < 4.78 is 36.7. The van der Waals surface area contributed by atoms with Gasteiger partial charge in [-0.15, -0.1) is 0 Å². The summed E-state index contributed by atoms with van der Waals surface area (Å²) in [7, 11) is 0. The Balaban J connectivity index is 2.10. The van der Waals surface area contributed by atoms with Gasteiger partial charge in [-0.25, -0.2) is 8.78 Å². The molecule has 1 heterocycles. The molecule has 8 heteroatoms. The molecule has 0 bridgehead atoms. The fourth-order valence-corrected chi connectivity index (χ4v) is 2.19. The maximum Gasteiger partial charge on any atom is 0.305 e. The van der Waals surface area contributed by atoms with Gasteiger partial charge in [0.2, 0.25) is 0 Å². The average Bonchev–Trinajstić information content (AvgIpc) is 2.54. The van der Waals surface area contributed by atoms with E-state index in [1.165, 1.54) is 11.0 Å². The van der Waals surface area contributed by atoms with Crippen LogP contribution in [0.2, 0.25) is 0 Å².